The first-order valence-corrected chi connectivity index (χ1v) is 13.9. The number of Topliss-reactive ketones (excluding diaryl/α,β-unsaturated/α-hetero) is 2. The Hall–Kier alpha value is -3.12. The van der Waals surface area contributed by atoms with E-state index in [1.165, 1.54) is 42.3 Å². The second-order valence-corrected chi connectivity index (χ2v) is 8.95. The van der Waals surface area contributed by atoms with Crippen molar-refractivity contribution in [3.8, 4) is 17.2 Å². The molecule has 0 atom stereocenters. The number of benzene rings is 2. The Morgan fingerprint density at radius 1 is 0.784 bits per heavy atom. The molecule has 0 amide bonds. The molecule has 5 nitrogen and oxygen atoms in total. The van der Waals surface area contributed by atoms with Crippen molar-refractivity contribution < 1.29 is 24.5 Å². The summed E-state index contributed by atoms with van der Waals surface area (Å²) in [5, 5.41) is 20.7. The van der Waals surface area contributed by atoms with E-state index in [9.17, 15) is 19.8 Å². The number of rotatable bonds is 8. The molecule has 0 unspecified atom stereocenters. The van der Waals surface area contributed by atoms with Crippen molar-refractivity contribution in [2.24, 2.45) is 0 Å². The third kappa shape index (κ3) is 12.1. The lowest BCUT2D eigenvalue weighted by molar-refractivity contribution is 0.101. The molecule has 6 heteroatoms. The fraction of sp³-hybridized carbons (Fsp3) is 0.419. The Labute approximate surface area is 227 Å². The fourth-order valence-corrected chi connectivity index (χ4v) is 3.90. The molecule has 37 heavy (non-hydrogen) atoms. The van der Waals surface area contributed by atoms with Crippen LogP contribution in [0.15, 0.2) is 47.8 Å². The van der Waals surface area contributed by atoms with Crippen molar-refractivity contribution in [2.45, 2.75) is 81.1 Å². The molecule has 204 valence electrons. The van der Waals surface area contributed by atoms with E-state index in [1.54, 1.807) is 0 Å². The Kier molecular flexibility index (Phi) is 17.4. The number of aryl methyl sites for hydroxylation is 3. The maximum Gasteiger partial charge on any atom is 0.163 e. The third-order valence-corrected chi connectivity index (χ3v) is 6.23. The Bertz CT molecular complexity index is 1040. The van der Waals surface area contributed by atoms with E-state index in [1.807, 2.05) is 25.2 Å². The molecule has 0 aliphatic heterocycles. The van der Waals surface area contributed by atoms with Crippen molar-refractivity contribution in [3.63, 3.8) is 0 Å². The first-order chi connectivity index (χ1) is 17.7. The van der Waals surface area contributed by atoms with E-state index < -0.39 is 0 Å². The van der Waals surface area contributed by atoms with Gasteiger partial charge in [0.05, 0.1) is 17.7 Å². The number of phenols is 2. The Morgan fingerprint density at radius 2 is 1.35 bits per heavy atom. The van der Waals surface area contributed by atoms with Gasteiger partial charge >= 0.3 is 0 Å². The zero-order valence-electron chi connectivity index (χ0n) is 23.7. The van der Waals surface area contributed by atoms with Gasteiger partial charge < -0.3 is 14.9 Å². The molecular weight excluding hydrogens is 484 g/mol. The van der Waals surface area contributed by atoms with Gasteiger partial charge in [-0.3, -0.25) is 9.59 Å². The van der Waals surface area contributed by atoms with Crippen molar-refractivity contribution >= 4 is 22.9 Å². The van der Waals surface area contributed by atoms with Crippen LogP contribution in [0.5, 0.6) is 17.2 Å². The molecule has 1 heterocycles. The van der Waals surface area contributed by atoms with Crippen LogP contribution in [0, 0.1) is 0 Å². The number of ether oxygens (including phenoxy) is 1. The smallest absolute Gasteiger partial charge is 0.163 e. The molecule has 0 aliphatic rings. The van der Waals surface area contributed by atoms with Crippen LogP contribution in [0.4, 0.5) is 0 Å². The molecular formula is C31H44O5S. The van der Waals surface area contributed by atoms with Crippen LogP contribution in [0.1, 0.15) is 98.5 Å². The molecule has 1 aromatic heterocycles. The molecule has 0 bridgehead atoms. The highest BCUT2D eigenvalue weighted by Gasteiger charge is 2.14. The lowest BCUT2D eigenvalue weighted by Crippen LogP contribution is -1.99. The average molecular weight is 529 g/mol. The van der Waals surface area contributed by atoms with Crippen LogP contribution in [0.2, 0.25) is 0 Å². The summed E-state index contributed by atoms with van der Waals surface area (Å²) in [4.78, 5) is 23.5. The third-order valence-electron chi connectivity index (χ3n) is 5.21. The standard InChI is InChI=1S/C13H20O.C10H10O4.C6H8S.C2H6/c1-4-9-14-13-8-7-11(5-2)12(6-3)10-13;1-5(11)7-3-8(6(2)12)10(14)4-9(7)13;1-2-6-4-3-5-7-6;1-2/h7-8,10H,4-6,9H2,1-3H3;3-4,13-14H,1-2H3;3-5H,2H2,1H3;1-2H3. The van der Waals surface area contributed by atoms with Gasteiger partial charge in [-0.2, -0.15) is 0 Å². The van der Waals surface area contributed by atoms with Crippen molar-refractivity contribution in [2.75, 3.05) is 6.61 Å². The quantitative estimate of drug-likeness (QED) is 0.287. The number of carbonyl (C=O) groups excluding carboxylic acids is 2. The lowest BCUT2D eigenvalue weighted by Gasteiger charge is -2.09. The zero-order valence-corrected chi connectivity index (χ0v) is 24.5. The Balaban J connectivity index is 0.000000533. The van der Waals surface area contributed by atoms with E-state index in [2.05, 4.69) is 63.4 Å². The van der Waals surface area contributed by atoms with E-state index in [0.717, 1.165) is 37.7 Å². The van der Waals surface area contributed by atoms with Gasteiger partial charge in [0.1, 0.15) is 17.2 Å². The van der Waals surface area contributed by atoms with E-state index in [4.69, 9.17) is 4.74 Å². The zero-order chi connectivity index (χ0) is 28.4. The van der Waals surface area contributed by atoms with E-state index in [-0.39, 0.29) is 34.2 Å². The summed E-state index contributed by atoms with van der Waals surface area (Å²) in [6, 6.07) is 12.9. The topological polar surface area (TPSA) is 83.8 Å². The molecule has 2 aromatic carbocycles. The van der Waals surface area contributed by atoms with Gasteiger partial charge in [-0.15, -0.1) is 11.3 Å². The minimum Gasteiger partial charge on any atom is -0.507 e. The maximum absolute atomic E-state index is 11.0. The lowest BCUT2D eigenvalue weighted by atomic mass is 10.0. The molecule has 0 saturated heterocycles. The van der Waals surface area contributed by atoms with E-state index >= 15 is 0 Å². The number of phenolic OH excluding ortho intramolecular Hbond substituents is 2. The van der Waals surface area contributed by atoms with Crippen LogP contribution in [0.3, 0.4) is 0 Å². The van der Waals surface area contributed by atoms with Crippen LogP contribution >= 0.6 is 11.3 Å². The molecule has 0 radical (unpaired) electrons. The normalized spacial score (nSPS) is 9.51. The summed E-state index contributed by atoms with van der Waals surface area (Å²) in [7, 11) is 0. The average Bonchev–Trinajstić information content (AvgIpc) is 3.43. The van der Waals surface area contributed by atoms with Gasteiger partial charge in [-0.05, 0) is 80.3 Å². The molecule has 3 aromatic rings. The first-order valence-electron chi connectivity index (χ1n) is 13.0. The summed E-state index contributed by atoms with van der Waals surface area (Å²) in [6.07, 6.45) is 4.44. The van der Waals surface area contributed by atoms with Gasteiger partial charge in [0.2, 0.25) is 0 Å². The van der Waals surface area contributed by atoms with Crippen molar-refractivity contribution in [3.05, 3.63) is 75.0 Å². The Morgan fingerprint density at radius 3 is 1.73 bits per heavy atom. The largest absolute Gasteiger partial charge is 0.507 e. The molecule has 0 spiro atoms. The van der Waals surface area contributed by atoms with Crippen LogP contribution in [-0.4, -0.2) is 28.4 Å². The highest BCUT2D eigenvalue weighted by atomic mass is 32.1. The number of ketones is 2. The van der Waals surface area contributed by atoms with Gasteiger partial charge in [-0.25, -0.2) is 0 Å². The number of aromatic hydroxyl groups is 2. The molecule has 0 aliphatic carbocycles. The highest BCUT2D eigenvalue weighted by molar-refractivity contribution is 7.09. The van der Waals surface area contributed by atoms with Crippen molar-refractivity contribution in [1.29, 1.82) is 0 Å². The fourth-order valence-electron chi connectivity index (χ4n) is 3.24. The molecule has 0 fully saturated rings. The molecule has 2 N–H and O–H groups in total. The number of hydrogen-bond acceptors (Lipinski definition) is 6. The minimum atomic E-state index is -0.356. The summed E-state index contributed by atoms with van der Waals surface area (Å²) >= 11 is 1.82. The van der Waals surface area contributed by atoms with E-state index in [0.29, 0.717) is 0 Å². The summed E-state index contributed by atoms with van der Waals surface area (Å²) in [6.45, 7) is 16.0. The first kappa shape index (κ1) is 33.9. The molecule has 0 saturated carbocycles. The highest BCUT2D eigenvalue weighted by Crippen LogP contribution is 2.28. The number of thiophene rings is 1. The van der Waals surface area contributed by atoms with Gasteiger partial charge in [-0.1, -0.05) is 53.7 Å². The summed E-state index contributed by atoms with van der Waals surface area (Å²) < 4.78 is 5.60. The van der Waals surface area contributed by atoms with Gasteiger partial charge in [0.25, 0.3) is 0 Å². The number of hydrogen-bond donors (Lipinski definition) is 2. The molecule has 3 rings (SSSR count). The van der Waals surface area contributed by atoms with Gasteiger partial charge in [0, 0.05) is 10.9 Å². The second kappa shape index (κ2) is 19.1. The SMILES string of the molecule is CC.CC(=O)c1cc(C(C)=O)c(O)cc1O.CCCOc1ccc(CC)c(CC)c1.CCc1cccs1. The second-order valence-electron chi connectivity index (χ2n) is 7.92. The summed E-state index contributed by atoms with van der Waals surface area (Å²) in [5.41, 5.74) is 2.93. The van der Waals surface area contributed by atoms with Crippen LogP contribution in [-0.2, 0) is 19.3 Å². The predicted octanol–water partition coefficient (Wildman–Crippen LogP) is 8.44. The van der Waals surface area contributed by atoms with Crippen LogP contribution < -0.4 is 4.74 Å². The van der Waals surface area contributed by atoms with Gasteiger partial charge in [0.15, 0.2) is 11.6 Å². The minimum absolute atomic E-state index is 0.0352. The van der Waals surface area contributed by atoms with Crippen molar-refractivity contribution in [1.82, 2.24) is 0 Å². The van der Waals surface area contributed by atoms with Crippen LogP contribution in [0.25, 0.3) is 0 Å². The summed E-state index contributed by atoms with van der Waals surface area (Å²) in [5.74, 6) is -0.337. The number of carbonyl (C=O) groups is 2. The maximum atomic E-state index is 11.0. The monoisotopic (exact) mass is 528 g/mol. The predicted molar refractivity (Wildman–Crippen MR) is 156 cm³/mol.